The summed E-state index contributed by atoms with van der Waals surface area (Å²) in [6, 6.07) is 5.54. The Bertz CT molecular complexity index is 295. The van der Waals surface area contributed by atoms with E-state index < -0.39 is 0 Å². The summed E-state index contributed by atoms with van der Waals surface area (Å²) in [5.74, 6) is -0.464. The molecule has 0 aliphatic heterocycles. The molecule has 0 saturated heterocycles. The molecule has 0 atom stereocenters. The van der Waals surface area contributed by atoms with Crippen LogP contribution in [0.3, 0.4) is 0 Å². The maximum absolute atomic E-state index is 12.5. The lowest BCUT2D eigenvalue weighted by molar-refractivity contribution is 0.0953. The molecule has 0 radical (unpaired) electrons. The molecule has 0 fully saturated rings. The third kappa shape index (κ3) is 3.17. The fourth-order valence-corrected chi connectivity index (χ4v) is 1.08. The van der Waals surface area contributed by atoms with Crippen LogP contribution in [0.4, 0.5) is 4.39 Å². The minimum atomic E-state index is -0.324. The van der Waals surface area contributed by atoms with Crippen LogP contribution in [0.5, 0.6) is 0 Å². The van der Waals surface area contributed by atoms with Crippen LogP contribution in [0.25, 0.3) is 0 Å². The Labute approximate surface area is 83.1 Å². The quantitative estimate of drug-likeness (QED) is 0.734. The zero-order valence-corrected chi connectivity index (χ0v) is 8.22. The van der Waals surface area contributed by atoms with Crippen molar-refractivity contribution in [2.24, 2.45) is 0 Å². The zero-order valence-electron chi connectivity index (χ0n) is 8.22. The highest BCUT2D eigenvalue weighted by Crippen LogP contribution is 2.02. The first-order chi connectivity index (χ1) is 6.74. The minimum Gasteiger partial charge on any atom is -0.352 e. The SMILES string of the molecule is CCCCNC(=O)c1ccc(F)cc1. The number of rotatable bonds is 4. The normalized spacial score (nSPS) is 9.86. The summed E-state index contributed by atoms with van der Waals surface area (Å²) >= 11 is 0. The Morgan fingerprint density at radius 1 is 1.36 bits per heavy atom. The van der Waals surface area contributed by atoms with Gasteiger partial charge in [-0.1, -0.05) is 13.3 Å². The van der Waals surface area contributed by atoms with Gasteiger partial charge in [0.2, 0.25) is 0 Å². The second-order valence-electron chi connectivity index (χ2n) is 3.12. The molecule has 0 heterocycles. The van der Waals surface area contributed by atoms with Gasteiger partial charge in [-0.25, -0.2) is 4.39 Å². The lowest BCUT2D eigenvalue weighted by Crippen LogP contribution is -2.24. The number of amides is 1. The summed E-state index contributed by atoms with van der Waals surface area (Å²) in [5.41, 5.74) is 0.502. The fraction of sp³-hybridized carbons (Fsp3) is 0.364. The smallest absolute Gasteiger partial charge is 0.251 e. The summed E-state index contributed by atoms with van der Waals surface area (Å²) in [6.07, 6.45) is 2.01. The average molecular weight is 195 g/mol. The molecule has 0 aliphatic rings. The van der Waals surface area contributed by atoms with Crippen LogP contribution in [0.2, 0.25) is 0 Å². The maximum Gasteiger partial charge on any atom is 0.251 e. The van der Waals surface area contributed by atoms with Crippen LogP contribution >= 0.6 is 0 Å². The van der Waals surface area contributed by atoms with E-state index >= 15 is 0 Å². The molecule has 0 spiro atoms. The van der Waals surface area contributed by atoms with Gasteiger partial charge in [-0.2, -0.15) is 0 Å². The number of hydrogen-bond acceptors (Lipinski definition) is 1. The highest BCUT2D eigenvalue weighted by Gasteiger charge is 2.03. The maximum atomic E-state index is 12.5. The Kier molecular flexibility index (Phi) is 4.11. The molecular weight excluding hydrogens is 181 g/mol. The number of halogens is 1. The molecule has 0 aromatic heterocycles. The summed E-state index contributed by atoms with van der Waals surface area (Å²) < 4.78 is 12.5. The van der Waals surface area contributed by atoms with Gasteiger partial charge in [-0.15, -0.1) is 0 Å². The van der Waals surface area contributed by atoms with E-state index in [-0.39, 0.29) is 11.7 Å². The first kappa shape index (κ1) is 10.7. The van der Waals surface area contributed by atoms with E-state index in [1.165, 1.54) is 24.3 Å². The van der Waals surface area contributed by atoms with E-state index in [1.54, 1.807) is 0 Å². The largest absolute Gasteiger partial charge is 0.352 e. The van der Waals surface area contributed by atoms with E-state index in [9.17, 15) is 9.18 Å². The van der Waals surface area contributed by atoms with Gasteiger partial charge in [0.25, 0.3) is 5.91 Å². The molecular formula is C11H14FNO. The third-order valence-corrected chi connectivity index (χ3v) is 1.92. The number of carbonyl (C=O) groups excluding carboxylic acids is 1. The van der Waals surface area contributed by atoms with Crippen LogP contribution in [0, 0.1) is 5.82 Å². The molecule has 1 N–H and O–H groups in total. The molecule has 76 valence electrons. The molecule has 2 nitrogen and oxygen atoms in total. The van der Waals surface area contributed by atoms with E-state index in [2.05, 4.69) is 12.2 Å². The predicted molar refractivity (Wildman–Crippen MR) is 53.6 cm³/mol. The molecule has 1 amide bonds. The Hall–Kier alpha value is -1.38. The summed E-state index contributed by atoms with van der Waals surface area (Å²) in [6.45, 7) is 2.73. The van der Waals surface area contributed by atoms with Gasteiger partial charge in [0.15, 0.2) is 0 Å². The topological polar surface area (TPSA) is 29.1 Å². The third-order valence-electron chi connectivity index (χ3n) is 1.92. The van der Waals surface area contributed by atoms with E-state index in [1.807, 2.05) is 0 Å². The molecule has 1 rings (SSSR count). The van der Waals surface area contributed by atoms with Crippen molar-refractivity contribution in [3.63, 3.8) is 0 Å². The van der Waals surface area contributed by atoms with Gasteiger partial charge < -0.3 is 5.32 Å². The second kappa shape index (κ2) is 5.37. The fourth-order valence-electron chi connectivity index (χ4n) is 1.08. The van der Waals surface area contributed by atoms with E-state index in [4.69, 9.17) is 0 Å². The standard InChI is InChI=1S/C11H14FNO/c1-2-3-8-13-11(14)9-4-6-10(12)7-5-9/h4-7H,2-3,8H2,1H3,(H,13,14). The van der Waals surface area contributed by atoms with E-state index in [0.717, 1.165) is 12.8 Å². The van der Waals surface area contributed by atoms with Crippen LogP contribution in [0.1, 0.15) is 30.1 Å². The van der Waals surface area contributed by atoms with Crippen molar-refractivity contribution in [1.29, 1.82) is 0 Å². The number of nitrogens with one attached hydrogen (secondary N) is 1. The second-order valence-corrected chi connectivity index (χ2v) is 3.12. The van der Waals surface area contributed by atoms with Crippen molar-refractivity contribution in [2.75, 3.05) is 6.54 Å². The van der Waals surface area contributed by atoms with E-state index in [0.29, 0.717) is 12.1 Å². The lowest BCUT2D eigenvalue weighted by atomic mass is 10.2. The summed E-state index contributed by atoms with van der Waals surface area (Å²) in [7, 11) is 0. The van der Waals surface area contributed by atoms with Crippen molar-refractivity contribution in [3.05, 3.63) is 35.6 Å². The Balaban J connectivity index is 2.48. The summed E-state index contributed by atoms with van der Waals surface area (Å²) in [4.78, 5) is 11.4. The molecule has 0 aliphatic carbocycles. The van der Waals surface area contributed by atoms with Gasteiger partial charge in [0.05, 0.1) is 0 Å². The number of unbranched alkanes of at least 4 members (excludes halogenated alkanes) is 1. The van der Waals surface area contributed by atoms with Crippen molar-refractivity contribution in [3.8, 4) is 0 Å². The van der Waals surface area contributed by atoms with Gasteiger partial charge in [0.1, 0.15) is 5.82 Å². The van der Waals surface area contributed by atoms with Crippen LogP contribution in [-0.4, -0.2) is 12.5 Å². The summed E-state index contributed by atoms with van der Waals surface area (Å²) in [5, 5.41) is 2.76. The van der Waals surface area contributed by atoms with Crippen LogP contribution in [0.15, 0.2) is 24.3 Å². The van der Waals surface area contributed by atoms with Gasteiger partial charge in [-0.05, 0) is 30.7 Å². The molecule has 1 aromatic rings. The predicted octanol–water partition coefficient (Wildman–Crippen LogP) is 2.36. The van der Waals surface area contributed by atoms with Gasteiger partial charge in [-0.3, -0.25) is 4.79 Å². The molecule has 14 heavy (non-hydrogen) atoms. The van der Waals surface area contributed by atoms with Crippen molar-refractivity contribution in [2.45, 2.75) is 19.8 Å². The Morgan fingerprint density at radius 3 is 2.57 bits per heavy atom. The number of hydrogen-bond donors (Lipinski definition) is 1. The Morgan fingerprint density at radius 2 is 2.00 bits per heavy atom. The lowest BCUT2D eigenvalue weighted by Gasteiger charge is -2.03. The molecule has 3 heteroatoms. The number of benzene rings is 1. The molecule has 0 saturated carbocycles. The van der Waals surface area contributed by atoms with Crippen molar-refractivity contribution < 1.29 is 9.18 Å². The van der Waals surface area contributed by atoms with Crippen molar-refractivity contribution >= 4 is 5.91 Å². The molecule has 1 aromatic carbocycles. The highest BCUT2D eigenvalue weighted by molar-refractivity contribution is 5.94. The molecule has 0 bridgehead atoms. The number of carbonyl (C=O) groups is 1. The van der Waals surface area contributed by atoms with Crippen LogP contribution < -0.4 is 5.32 Å². The average Bonchev–Trinajstić information content (AvgIpc) is 2.19. The van der Waals surface area contributed by atoms with Crippen molar-refractivity contribution in [1.82, 2.24) is 5.32 Å². The van der Waals surface area contributed by atoms with Crippen LogP contribution in [-0.2, 0) is 0 Å². The van der Waals surface area contributed by atoms with Gasteiger partial charge in [0, 0.05) is 12.1 Å². The molecule has 0 unspecified atom stereocenters. The first-order valence-corrected chi connectivity index (χ1v) is 4.78. The first-order valence-electron chi connectivity index (χ1n) is 4.78. The monoisotopic (exact) mass is 195 g/mol. The zero-order chi connectivity index (χ0) is 10.4. The van der Waals surface area contributed by atoms with Gasteiger partial charge >= 0.3 is 0 Å². The highest BCUT2D eigenvalue weighted by atomic mass is 19.1. The minimum absolute atomic E-state index is 0.140.